The predicted octanol–water partition coefficient (Wildman–Crippen LogP) is 9.86. The van der Waals surface area contributed by atoms with Crippen LogP contribution in [0, 0.1) is 0 Å². The van der Waals surface area contributed by atoms with E-state index in [1.165, 1.54) is 27.1 Å². The van der Waals surface area contributed by atoms with Gasteiger partial charge in [-0.2, -0.15) is 0 Å². The summed E-state index contributed by atoms with van der Waals surface area (Å²) in [5.74, 6) is 3.38. The third kappa shape index (κ3) is 4.03. The van der Waals surface area contributed by atoms with Crippen molar-refractivity contribution in [3.05, 3.63) is 170 Å². The van der Waals surface area contributed by atoms with Gasteiger partial charge in [-0.3, -0.25) is 0 Å². The van der Waals surface area contributed by atoms with Gasteiger partial charge in [0.1, 0.15) is 23.0 Å². The molecular formula is C44H28BNO2. The fraction of sp³-hybridized carbons (Fsp3) is 0. The van der Waals surface area contributed by atoms with Crippen molar-refractivity contribution in [2.75, 3.05) is 4.90 Å². The molecule has 0 aliphatic carbocycles. The molecule has 224 valence electrons. The first kappa shape index (κ1) is 26.9. The molecule has 0 fully saturated rings. The number of anilines is 3. The van der Waals surface area contributed by atoms with E-state index >= 15 is 0 Å². The molecule has 2 heterocycles. The Kier molecular flexibility index (Phi) is 5.97. The molecule has 0 N–H and O–H groups in total. The summed E-state index contributed by atoms with van der Waals surface area (Å²) in [6.45, 7) is 0.0190. The Morgan fingerprint density at radius 2 is 0.875 bits per heavy atom. The third-order valence-electron chi connectivity index (χ3n) is 9.74. The third-order valence-corrected chi connectivity index (χ3v) is 9.74. The van der Waals surface area contributed by atoms with Crippen molar-refractivity contribution in [1.82, 2.24) is 0 Å². The van der Waals surface area contributed by atoms with Crippen molar-refractivity contribution >= 4 is 61.7 Å². The van der Waals surface area contributed by atoms with Crippen molar-refractivity contribution in [2.24, 2.45) is 0 Å². The van der Waals surface area contributed by atoms with Gasteiger partial charge in [0, 0.05) is 34.2 Å². The lowest BCUT2D eigenvalue weighted by Gasteiger charge is -2.35. The normalized spacial score (nSPS) is 12.5. The largest absolute Gasteiger partial charge is 0.458 e. The zero-order valence-electron chi connectivity index (χ0n) is 26.0. The molecular weight excluding hydrogens is 585 g/mol. The molecule has 48 heavy (non-hydrogen) atoms. The van der Waals surface area contributed by atoms with Gasteiger partial charge in [-0.1, -0.05) is 133 Å². The standard InChI is InChI=1S/C44H28BNO2/c1-3-15-29(16-4-1)42-34-21-9-7-19-32(34)33-20-8-10-22-35(33)44(42)46(30-17-5-2-6-18-30)31-27-40-43-41(28-31)48-39-26-14-12-24-37(39)45(43)36-23-11-13-25-38(36)47-40/h1-28H. The van der Waals surface area contributed by atoms with Gasteiger partial charge in [-0.05, 0) is 56.9 Å². The van der Waals surface area contributed by atoms with Crippen LogP contribution < -0.4 is 30.8 Å². The predicted molar refractivity (Wildman–Crippen MR) is 199 cm³/mol. The summed E-state index contributed by atoms with van der Waals surface area (Å²) in [5.41, 5.74) is 8.83. The zero-order valence-corrected chi connectivity index (χ0v) is 26.0. The molecule has 8 aromatic rings. The second kappa shape index (κ2) is 10.6. The molecule has 0 aromatic heterocycles. The van der Waals surface area contributed by atoms with Crippen molar-refractivity contribution < 1.29 is 9.47 Å². The molecule has 2 aliphatic rings. The zero-order chi connectivity index (χ0) is 31.6. The van der Waals surface area contributed by atoms with E-state index in [0.717, 1.165) is 62.0 Å². The molecule has 0 spiro atoms. The van der Waals surface area contributed by atoms with Crippen LogP contribution in [0.4, 0.5) is 17.1 Å². The number of ether oxygens (including phenoxy) is 2. The Balaban J connectivity index is 1.31. The van der Waals surface area contributed by atoms with E-state index in [0.29, 0.717) is 0 Å². The molecule has 8 aromatic carbocycles. The molecule has 0 amide bonds. The summed E-state index contributed by atoms with van der Waals surface area (Å²) in [6.07, 6.45) is 0. The van der Waals surface area contributed by atoms with Gasteiger partial charge in [0.15, 0.2) is 0 Å². The average molecular weight is 614 g/mol. The molecule has 2 aliphatic heterocycles. The van der Waals surface area contributed by atoms with E-state index < -0.39 is 0 Å². The summed E-state index contributed by atoms with van der Waals surface area (Å²) >= 11 is 0. The maximum absolute atomic E-state index is 6.77. The quantitative estimate of drug-likeness (QED) is 0.146. The number of para-hydroxylation sites is 3. The Morgan fingerprint density at radius 3 is 1.50 bits per heavy atom. The van der Waals surface area contributed by atoms with Crippen molar-refractivity contribution in [3.63, 3.8) is 0 Å². The van der Waals surface area contributed by atoms with E-state index in [2.05, 4.69) is 163 Å². The highest BCUT2D eigenvalue weighted by molar-refractivity contribution is 6.98. The average Bonchev–Trinajstić information content (AvgIpc) is 3.15. The Bertz CT molecular complexity index is 2460. The van der Waals surface area contributed by atoms with Crippen LogP contribution in [0.2, 0.25) is 0 Å². The minimum absolute atomic E-state index is 0.0190. The van der Waals surface area contributed by atoms with Crippen LogP contribution in [-0.2, 0) is 0 Å². The fourth-order valence-corrected chi connectivity index (χ4v) is 7.75. The molecule has 0 unspecified atom stereocenters. The molecule has 0 atom stereocenters. The van der Waals surface area contributed by atoms with E-state index in [4.69, 9.17) is 9.47 Å². The number of rotatable bonds is 4. The van der Waals surface area contributed by atoms with Gasteiger partial charge in [0.25, 0.3) is 6.71 Å². The van der Waals surface area contributed by atoms with E-state index in [1.807, 2.05) is 12.1 Å². The molecule has 0 radical (unpaired) electrons. The number of benzene rings is 8. The van der Waals surface area contributed by atoms with E-state index in [-0.39, 0.29) is 6.71 Å². The second-order valence-electron chi connectivity index (χ2n) is 12.4. The van der Waals surface area contributed by atoms with Crippen molar-refractivity contribution in [1.29, 1.82) is 0 Å². The minimum atomic E-state index is 0.0190. The summed E-state index contributed by atoms with van der Waals surface area (Å²) in [5, 5.41) is 4.80. The summed E-state index contributed by atoms with van der Waals surface area (Å²) in [6, 6.07) is 60.0. The molecule has 0 saturated carbocycles. The van der Waals surface area contributed by atoms with Crippen LogP contribution in [-0.4, -0.2) is 6.71 Å². The molecule has 0 saturated heterocycles. The van der Waals surface area contributed by atoms with Gasteiger partial charge < -0.3 is 14.4 Å². The van der Waals surface area contributed by atoms with Crippen LogP contribution in [0.25, 0.3) is 32.7 Å². The Labute approximate surface area is 279 Å². The highest BCUT2D eigenvalue weighted by atomic mass is 16.5. The number of hydrogen-bond acceptors (Lipinski definition) is 3. The summed E-state index contributed by atoms with van der Waals surface area (Å²) in [7, 11) is 0. The van der Waals surface area contributed by atoms with Gasteiger partial charge in [0.2, 0.25) is 0 Å². The number of fused-ring (bicyclic) bond motifs is 7. The van der Waals surface area contributed by atoms with E-state index in [1.54, 1.807) is 0 Å². The monoisotopic (exact) mass is 613 g/mol. The van der Waals surface area contributed by atoms with Gasteiger partial charge in [-0.15, -0.1) is 0 Å². The van der Waals surface area contributed by atoms with Crippen LogP contribution in [0.5, 0.6) is 23.0 Å². The van der Waals surface area contributed by atoms with Gasteiger partial charge in [-0.25, -0.2) is 0 Å². The first-order chi connectivity index (χ1) is 23.8. The van der Waals surface area contributed by atoms with Crippen LogP contribution >= 0.6 is 0 Å². The SMILES string of the molecule is c1ccc(-c2c(N(c3ccccc3)c3cc4c5c(c3)Oc3ccccc3B5c3ccccc3O4)c3ccccc3c3ccccc23)cc1. The summed E-state index contributed by atoms with van der Waals surface area (Å²) in [4.78, 5) is 2.39. The summed E-state index contributed by atoms with van der Waals surface area (Å²) < 4.78 is 13.5. The van der Waals surface area contributed by atoms with Crippen LogP contribution in [0.3, 0.4) is 0 Å². The van der Waals surface area contributed by atoms with E-state index in [9.17, 15) is 0 Å². The lowest BCUT2D eigenvalue weighted by molar-refractivity contribution is 0.465. The van der Waals surface area contributed by atoms with Crippen molar-refractivity contribution in [2.45, 2.75) is 0 Å². The lowest BCUT2D eigenvalue weighted by atomic mass is 9.35. The van der Waals surface area contributed by atoms with Gasteiger partial charge in [0.05, 0.1) is 11.4 Å². The molecule has 10 rings (SSSR count). The first-order valence-corrected chi connectivity index (χ1v) is 16.4. The molecule has 4 heteroatoms. The fourth-order valence-electron chi connectivity index (χ4n) is 7.75. The number of nitrogens with zero attached hydrogens (tertiary/aromatic N) is 1. The highest BCUT2D eigenvalue weighted by Crippen LogP contribution is 2.50. The maximum atomic E-state index is 6.77. The topological polar surface area (TPSA) is 21.7 Å². The van der Waals surface area contributed by atoms with Crippen LogP contribution in [0.15, 0.2) is 170 Å². The van der Waals surface area contributed by atoms with Gasteiger partial charge >= 0.3 is 0 Å². The maximum Gasteiger partial charge on any atom is 0.260 e. The first-order valence-electron chi connectivity index (χ1n) is 16.4. The highest BCUT2D eigenvalue weighted by Gasteiger charge is 2.40. The number of hydrogen-bond donors (Lipinski definition) is 0. The Morgan fingerprint density at radius 1 is 0.396 bits per heavy atom. The Hall–Kier alpha value is -6.26. The second-order valence-corrected chi connectivity index (χ2v) is 12.4. The smallest absolute Gasteiger partial charge is 0.260 e. The lowest BCUT2D eigenvalue weighted by Crippen LogP contribution is -2.57. The molecule has 0 bridgehead atoms. The van der Waals surface area contributed by atoms with Crippen molar-refractivity contribution in [3.8, 4) is 34.1 Å². The minimum Gasteiger partial charge on any atom is -0.458 e. The molecule has 3 nitrogen and oxygen atoms in total. The van der Waals surface area contributed by atoms with Crippen LogP contribution in [0.1, 0.15) is 0 Å².